The first kappa shape index (κ1) is 19.1. The highest BCUT2D eigenvalue weighted by atomic mass is 35.5. The quantitative estimate of drug-likeness (QED) is 0.609. The SMILES string of the molecule is O=S(=O)(c1cccc(Oc2ccc(Cl)c(Cl)c2)c1)N1CCc2cncnc2C1. The Morgan fingerprint density at radius 3 is 2.68 bits per heavy atom. The molecular weight excluding hydrogens is 421 g/mol. The molecule has 28 heavy (non-hydrogen) atoms. The Bertz CT molecular complexity index is 1140. The summed E-state index contributed by atoms with van der Waals surface area (Å²) in [7, 11) is -3.69. The summed E-state index contributed by atoms with van der Waals surface area (Å²) < 4.78 is 33.3. The van der Waals surface area contributed by atoms with Crippen molar-refractivity contribution >= 4 is 33.2 Å². The predicted octanol–water partition coefficient (Wildman–Crippen LogP) is 4.32. The number of aromatic nitrogens is 2. The second-order valence-corrected chi connectivity index (χ2v) is 8.99. The zero-order chi connectivity index (χ0) is 19.7. The van der Waals surface area contributed by atoms with Crippen LogP contribution in [0.2, 0.25) is 10.0 Å². The Balaban J connectivity index is 1.59. The van der Waals surface area contributed by atoms with E-state index in [-0.39, 0.29) is 11.4 Å². The van der Waals surface area contributed by atoms with Gasteiger partial charge in [0.15, 0.2) is 0 Å². The highest BCUT2D eigenvalue weighted by molar-refractivity contribution is 7.89. The standard InChI is InChI=1S/C19H15Cl2N3O3S/c20-17-5-4-15(9-18(17)21)27-14-2-1-3-16(8-14)28(25,26)24-7-6-13-10-22-12-23-19(13)11-24/h1-5,8-10,12H,6-7,11H2. The number of ether oxygens (including phenoxy) is 1. The molecule has 0 bridgehead atoms. The Morgan fingerprint density at radius 2 is 1.86 bits per heavy atom. The molecule has 1 aromatic heterocycles. The van der Waals surface area contributed by atoms with E-state index in [9.17, 15) is 8.42 Å². The molecule has 0 saturated heterocycles. The van der Waals surface area contributed by atoms with Crippen molar-refractivity contribution in [1.82, 2.24) is 14.3 Å². The molecule has 0 unspecified atom stereocenters. The second-order valence-electron chi connectivity index (χ2n) is 6.24. The molecule has 0 spiro atoms. The van der Waals surface area contributed by atoms with E-state index in [1.807, 2.05) is 0 Å². The van der Waals surface area contributed by atoms with Crippen LogP contribution in [-0.4, -0.2) is 29.2 Å². The lowest BCUT2D eigenvalue weighted by Crippen LogP contribution is -2.36. The van der Waals surface area contributed by atoms with Gasteiger partial charge in [-0.25, -0.2) is 18.4 Å². The summed E-state index contributed by atoms with van der Waals surface area (Å²) in [6.45, 7) is 0.596. The van der Waals surface area contributed by atoms with Crippen molar-refractivity contribution in [3.05, 3.63) is 76.3 Å². The zero-order valence-corrected chi connectivity index (χ0v) is 16.9. The highest BCUT2D eigenvalue weighted by Gasteiger charge is 2.29. The minimum absolute atomic E-state index is 0.155. The zero-order valence-electron chi connectivity index (χ0n) is 14.5. The molecule has 3 aromatic rings. The van der Waals surface area contributed by atoms with Crippen LogP contribution < -0.4 is 4.74 Å². The molecule has 0 atom stereocenters. The fourth-order valence-corrected chi connectivity index (χ4v) is 4.68. The molecule has 6 nitrogen and oxygen atoms in total. The summed E-state index contributed by atoms with van der Waals surface area (Å²) in [5, 5.41) is 0.774. The summed E-state index contributed by atoms with van der Waals surface area (Å²) >= 11 is 11.9. The summed E-state index contributed by atoms with van der Waals surface area (Å²) in [6, 6.07) is 11.2. The fraction of sp³-hybridized carbons (Fsp3) is 0.158. The average Bonchev–Trinajstić information content (AvgIpc) is 2.70. The van der Waals surface area contributed by atoms with E-state index < -0.39 is 10.0 Å². The van der Waals surface area contributed by atoms with Gasteiger partial charge >= 0.3 is 0 Å². The van der Waals surface area contributed by atoms with Crippen LogP contribution in [0.3, 0.4) is 0 Å². The van der Waals surface area contributed by atoms with Gasteiger partial charge in [0, 0.05) is 24.9 Å². The van der Waals surface area contributed by atoms with E-state index in [1.54, 1.807) is 42.6 Å². The Morgan fingerprint density at radius 1 is 1.04 bits per heavy atom. The van der Waals surface area contributed by atoms with Gasteiger partial charge in [0.05, 0.1) is 27.2 Å². The molecule has 2 heterocycles. The molecule has 0 radical (unpaired) electrons. The third-order valence-electron chi connectivity index (χ3n) is 4.41. The van der Waals surface area contributed by atoms with Crippen LogP contribution in [0, 0.1) is 0 Å². The molecule has 4 rings (SSSR count). The Kier molecular flexibility index (Phi) is 5.25. The van der Waals surface area contributed by atoms with Crippen LogP contribution in [-0.2, 0) is 23.0 Å². The number of fused-ring (bicyclic) bond motifs is 1. The van der Waals surface area contributed by atoms with Crippen molar-refractivity contribution in [2.45, 2.75) is 17.9 Å². The predicted molar refractivity (Wildman–Crippen MR) is 106 cm³/mol. The van der Waals surface area contributed by atoms with Crippen molar-refractivity contribution in [2.24, 2.45) is 0 Å². The molecular formula is C19H15Cl2N3O3S. The number of sulfonamides is 1. The minimum atomic E-state index is -3.69. The first-order valence-electron chi connectivity index (χ1n) is 8.44. The van der Waals surface area contributed by atoms with E-state index in [2.05, 4.69) is 9.97 Å². The smallest absolute Gasteiger partial charge is 0.243 e. The van der Waals surface area contributed by atoms with Gasteiger partial charge in [0.25, 0.3) is 0 Å². The van der Waals surface area contributed by atoms with Crippen LogP contribution in [0.1, 0.15) is 11.3 Å². The molecule has 0 N–H and O–H groups in total. The van der Waals surface area contributed by atoms with Crippen LogP contribution >= 0.6 is 23.2 Å². The lowest BCUT2D eigenvalue weighted by atomic mass is 10.1. The maximum absolute atomic E-state index is 13.1. The summed E-state index contributed by atoms with van der Waals surface area (Å²) in [5.74, 6) is 0.853. The molecule has 0 amide bonds. The van der Waals surface area contributed by atoms with E-state index in [0.717, 1.165) is 11.3 Å². The lowest BCUT2D eigenvalue weighted by Gasteiger charge is -2.27. The van der Waals surface area contributed by atoms with Crippen LogP contribution in [0.15, 0.2) is 59.9 Å². The molecule has 9 heteroatoms. The Hall–Kier alpha value is -2.19. The van der Waals surface area contributed by atoms with E-state index in [0.29, 0.717) is 34.5 Å². The van der Waals surface area contributed by atoms with Gasteiger partial charge < -0.3 is 4.74 Å². The topological polar surface area (TPSA) is 72.4 Å². The number of rotatable bonds is 4. The third kappa shape index (κ3) is 3.84. The molecule has 2 aromatic carbocycles. The van der Waals surface area contributed by atoms with Crippen molar-refractivity contribution in [2.75, 3.05) is 6.54 Å². The van der Waals surface area contributed by atoms with Crippen molar-refractivity contribution < 1.29 is 13.2 Å². The maximum Gasteiger partial charge on any atom is 0.243 e. The van der Waals surface area contributed by atoms with E-state index in [1.165, 1.54) is 16.7 Å². The van der Waals surface area contributed by atoms with Gasteiger partial charge in [-0.3, -0.25) is 0 Å². The number of halogens is 2. The van der Waals surface area contributed by atoms with Crippen molar-refractivity contribution in [1.29, 1.82) is 0 Å². The largest absolute Gasteiger partial charge is 0.457 e. The molecule has 1 aliphatic heterocycles. The van der Waals surface area contributed by atoms with Crippen LogP contribution in [0.4, 0.5) is 0 Å². The number of benzene rings is 2. The highest BCUT2D eigenvalue weighted by Crippen LogP contribution is 2.31. The summed E-state index contributed by atoms with van der Waals surface area (Å²) in [5.41, 5.74) is 1.71. The number of nitrogens with zero attached hydrogens (tertiary/aromatic N) is 3. The maximum atomic E-state index is 13.1. The Labute approximate surface area is 172 Å². The number of hydrogen-bond donors (Lipinski definition) is 0. The van der Waals surface area contributed by atoms with Gasteiger partial charge in [0.2, 0.25) is 10.0 Å². The number of hydrogen-bond acceptors (Lipinski definition) is 5. The van der Waals surface area contributed by atoms with Gasteiger partial charge in [-0.2, -0.15) is 4.31 Å². The molecule has 1 aliphatic rings. The average molecular weight is 436 g/mol. The lowest BCUT2D eigenvalue weighted by molar-refractivity contribution is 0.384. The van der Waals surface area contributed by atoms with E-state index in [4.69, 9.17) is 27.9 Å². The van der Waals surface area contributed by atoms with Crippen molar-refractivity contribution in [3.8, 4) is 11.5 Å². The molecule has 144 valence electrons. The van der Waals surface area contributed by atoms with Gasteiger partial charge in [-0.05, 0) is 36.2 Å². The van der Waals surface area contributed by atoms with Gasteiger partial charge in [-0.15, -0.1) is 0 Å². The van der Waals surface area contributed by atoms with E-state index >= 15 is 0 Å². The molecule has 0 fully saturated rings. The molecule has 0 aliphatic carbocycles. The summed E-state index contributed by atoms with van der Waals surface area (Å²) in [6.07, 6.45) is 3.74. The minimum Gasteiger partial charge on any atom is -0.457 e. The normalized spacial score (nSPS) is 14.5. The first-order chi connectivity index (χ1) is 13.4. The van der Waals surface area contributed by atoms with Crippen LogP contribution in [0.25, 0.3) is 0 Å². The second kappa shape index (κ2) is 7.67. The molecule has 0 saturated carbocycles. The summed E-state index contributed by atoms with van der Waals surface area (Å²) in [4.78, 5) is 8.35. The third-order valence-corrected chi connectivity index (χ3v) is 6.99. The monoisotopic (exact) mass is 435 g/mol. The van der Waals surface area contributed by atoms with Gasteiger partial charge in [0.1, 0.15) is 17.8 Å². The van der Waals surface area contributed by atoms with Crippen LogP contribution in [0.5, 0.6) is 11.5 Å². The van der Waals surface area contributed by atoms with Gasteiger partial charge in [-0.1, -0.05) is 29.3 Å². The first-order valence-corrected chi connectivity index (χ1v) is 10.6. The van der Waals surface area contributed by atoms with Crippen molar-refractivity contribution in [3.63, 3.8) is 0 Å². The fourth-order valence-electron chi connectivity index (χ4n) is 2.96.